The van der Waals surface area contributed by atoms with Gasteiger partial charge in [-0.1, -0.05) is 6.07 Å². The Balaban J connectivity index is 1.62. The predicted molar refractivity (Wildman–Crippen MR) is 105 cm³/mol. The first-order valence-electron chi connectivity index (χ1n) is 9.89. The van der Waals surface area contributed by atoms with Crippen LogP contribution in [0.25, 0.3) is 0 Å². The van der Waals surface area contributed by atoms with E-state index in [0.717, 1.165) is 0 Å². The number of hydrogen-bond donors (Lipinski definition) is 8. The average molecular weight is 452 g/mol. The second-order valence-corrected chi connectivity index (χ2v) is 7.79. The van der Waals surface area contributed by atoms with Crippen molar-refractivity contribution in [1.82, 2.24) is 0 Å². The van der Waals surface area contributed by atoms with Crippen LogP contribution in [0.5, 0.6) is 28.7 Å². The monoisotopic (exact) mass is 452 g/mol. The minimum Gasteiger partial charge on any atom is -0.508 e. The number of hydrogen-bond acceptors (Lipinski definition) is 11. The molecule has 32 heavy (non-hydrogen) atoms. The third kappa shape index (κ3) is 4.01. The van der Waals surface area contributed by atoms with Gasteiger partial charge >= 0.3 is 0 Å². The zero-order valence-electron chi connectivity index (χ0n) is 16.6. The molecule has 0 amide bonds. The number of aromatic hydroxyl groups is 3. The first-order valence-corrected chi connectivity index (χ1v) is 9.89. The number of phenolic OH excluding ortho intramolecular Hbond substituents is 3. The lowest BCUT2D eigenvalue weighted by Crippen LogP contribution is -2.60. The minimum absolute atomic E-state index is 0.00428. The molecule has 0 aromatic heterocycles. The summed E-state index contributed by atoms with van der Waals surface area (Å²) >= 11 is 0. The number of rotatable bonds is 4. The summed E-state index contributed by atoms with van der Waals surface area (Å²) in [5.74, 6) is -0.811. The van der Waals surface area contributed by atoms with E-state index in [-0.39, 0.29) is 35.2 Å². The van der Waals surface area contributed by atoms with Gasteiger partial charge in [0, 0.05) is 24.1 Å². The van der Waals surface area contributed by atoms with E-state index in [2.05, 4.69) is 0 Å². The molecule has 11 nitrogen and oxygen atoms in total. The molecule has 0 saturated carbocycles. The van der Waals surface area contributed by atoms with Crippen molar-refractivity contribution in [2.45, 2.75) is 49.3 Å². The molecule has 0 radical (unpaired) electrons. The fourth-order valence-corrected chi connectivity index (χ4v) is 3.85. The predicted octanol–water partition coefficient (Wildman–Crippen LogP) is -0.981. The standard InChI is InChI=1S/C21H24O11/c22-7-16-17(27)18(28)19(29)21(32-16)31-15-5-9(23)4-14-10(15)6-13(26)20(30-14)8-1-2-11(24)12(25)3-8/h1-5,13,16-29H,6-7H2/t13-,16+,17-,18+,19+,20-,21-/m1/s1. The van der Waals surface area contributed by atoms with Gasteiger partial charge in [-0.2, -0.15) is 0 Å². The molecule has 2 heterocycles. The van der Waals surface area contributed by atoms with E-state index in [9.17, 15) is 40.9 Å². The summed E-state index contributed by atoms with van der Waals surface area (Å²) in [6, 6.07) is 6.49. The molecule has 0 bridgehead atoms. The summed E-state index contributed by atoms with van der Waals surface area (Å²) in [6.45, 7) is -0.633. The van der Waals surface area contributed by atoms with E-state index in [4.69, 9.17) is 14.2 Å². The Labute approximate surface area is 181 Å². The maximum atomic E-state index is 10.7. The number of phenols is 3. The number of ether oxygens (including phenoxy) is 3. The maximum Gasteiger partial charge on any atom is 0.229 e. The van der Waals surface area contributed by atoms with E-state index >= 15 is 0 Å². The quantitative estimate of drug-likeness (QED) is 0.266. The van der Waals surface area contributed by atoms with Crippen LogP contribution < -0.4 is 9.47 Å². The summed E-state index contributed by atoms with van der Waals surface area (Å²) < 4.78 is 16.8. The van der Waals surface area contributed by atoms with Crippen LogP contribution in [0.3, 0.4) is 0 Å². The molecule has 11 heteroatoms. The molecule has 2 aliphatic rings. The highest BCUT2D eigenvalue weighted by Crippen LogP contribution is 2.44. The molecular formula is C21H24O11. The second kappa shape index (κ2) is 8.62. The van der Waals surface area contributed by atoms with Crippen LogP contribution >= 0.6 is 0 Å². The molecule has 4 rings (SSSR count). The zero-order chi connectivity index (χ0) is 23.2. The van der Waals surface area contributed by atoms with E-state index in [0.29, 0.717) is 11.1 Å². The van der Waals surface area contributed by atoms with Crippen molar-refractivity contribution in [1.29, 1.82) is 0 Å². The lowest BCUT2D eigenvalue weighted by atomic mass is 9.93. The van der Waals surface area contributed by atoms with Crippen molar-refractivity contribution in [3.8, 4) is 28.7 Å². The van der Waals surface area contributed by atoms with Gasteiger partial charge in [0.1, 0.15) is 47.8 Å². The summed E-state index contributed by atoms with van der Waals surface area (Å²) in [6.07, 6.45) is -9.56. The van der Waals surface area contributed by atoms with Crippen molar-refractivity contribution in [3.63, 3.8) is 0 Å². The topological polar surface area (TPSA) is 190 Å². The van der Waals surface area contributed by atoms with Crippen molar-refractivity contribution in [3.05, 3.63) is 41.5 Å². The van der Waals surface area contributed by atoms with E-state index < -0.39 is 49.5 Å². The fourth-order valence-electron chi connectivity index (χ4n) is 3.85. The van der Waals surface area contributed by atoms with Crippen LogP contribution in [0.4, 0.5) is 0 Å². The Morgan fingerprint density at radius 3 is 2.34 bits per heavy atom. The maximum absolute atomic E-state index is 10.7. The molecule has 0 aliphatic carbocycles. The summed E-state index contributed by atoms with van der Waals surface area (Å²) in [5.41, 5.74) is 0.727. The Kier molecular flexibility index (Phi) is 6.03. The normalized spacial score (nSPS) is 32.1. The summed E-state index contributed by atoms with van der Waals surface area (Å²) in [5, 5.41) is 79.5. The highest BCUT2D eigenvalue weighted by molar-refractivity contribution is 5.52. The number of aliphatic hydroxyl groups excluding tert-OH is 5. The Morgan fingerprint density at radius 1 is 0.906 bits per heavy atom. The smallest absolute Gasteiger partial charge is 0.229 e. The third-order valence-electron chi connectivity index (χ3n) is 5.59. The molecule has 2 aromatic rings. The van der Waals surface area contributed by atoms with Gasteiger partial charge in [-0.15, -0.1) is 0 Å². The molecular weight excluding hydrogens is 428 g/mol. The van der Waals surface area contributed by atoms with Gasteiger partial charge in [-0.3, -0.25) is 0 Å². The minimum atomic E-state index is -1.66. The molecule has 8 N–H and O–H groups in total. The lowest BCUT2D eigenvalue weighted by molar-refractivity contribution is -0.277. The summed E-state index contributed by atoms with van der Waals surface area (Å²) in [4.78, 5) is 0. The highest BCUT2D eigenvalue weighted by atomic mass is 16.7. The van der Waals surface area contributed by atoms with Crippen LogP contribution in [0.2, 0.25) is 0 Å². The molecule has 1 saturated heterocycles. The molecule has 174 valence electrons. The SMILES string of the molecule is OC[C@@H]1O[C@@H](Oc2cc(O)cc3c2C[C@@H](O)[C@@H](c2ccc(O)c(O)c2)O3)[C@@H](O)[C@@H](O)[C@@H]1O. The van der Waals surface area contributed by atoms with E-state index in [1.165, 1.54) is 30.3 Å². The van der Waals surface area contributed by atoms with Gasteiger partial charge in [-0.25, -0.2) is 0 Å². The molecule has 0 unspecified atom stereocenters. The van der Waals surface area contributed by atoms with Crippen LogP contribution in [-0.2, 0) is 11.2 Å². The Morgan fingerprint density at radius 2 is 1.66 bits per heavy atom. The van der Waals surface area contributed by atoms with Gasteiger partial charge in [0.05, 0.1) is 12.7 Å². The van der Waals surface area contributed by atoms with Gasteiger partial charge in [-0.05, 0) is 17.7 Å². The van der Waals surface area contributed by atoms with Crippen LogP contribution in [-0.4, -0.2) is 84.3 Å². The van der Waals surface area contributed by atoms with Gasteiger partial charge < -0.3 is 55.1 Å². The Bertz CT molecular complexity index is 978. The zero-order valence-corrected chi connectivity index (χ0v) is 16.6. The van der Waals surface area contributed by atoms with Crippen molar-refractivity contribution < 1.29 is 55.1 Å². The highest BCUT2D eigenvalue weighted by Gasteiger charge is 2.45. The molecule has 7 atom stereocenters. The largest absolute Gasteiger partial charge is 0.508 e. The van der Waals surface area contributed by atoms with Crippen molar-refractivity contribution in [2.75, 3.05) is 6.61 Å². The average Bonchev–Trinajstić information content (AvgIpc) is 2.76. The molecule has 0 spiro atoms. The van der Waals surface area contributed by atoms with Crippen LogP contribution in [0.15, 0.2) is 30.3 Å². The van der Waals surface area contributed by atoms with Gasteiger partial charge in [0.25, 0.3) is 0 Å². The fraction of sp³-hybridized carbons (Fsp3) is 0.429. The van der Waals surface area contributed by atoms with Gasteiger partial charge in [0.2, 0.25) is 6.29 Å². The molecule has 2 aliphatic heterocycles. The van der Waals surface area contributed by atoms with E-state index in [1.54, 1.807) is 0 Å². The number of aliphatic hydroxyl groups is 5. The third-order valence-corrected chi connectivity index (χ3v) is 5.59. The van der Waals surface area contributed by atoms with E-state index in [1.807, 2.05) is 0 Å². The van der Waals surface area contributed by atoms with Gasteiger partial charge in [0.15, 0.2) is 11.5 Å². The lowest BCUT2D eigenvalue weighted by Gasteiger charge is -2.40. The van der Waals surface area contributed by atoms with Crippen molar-refractivity contribution >= 4 is 0 Å². The van der Waals surface area contributed by atoms with Crippen molar-refractivity contribution in [2.24, 2.45) is 0 Å². The molecule has 1 fully saturated rings. The van der Waals surface area contributed by atoms with Crippen LogP contribution in [0.1, 0.15) is 17.2 Å². The number of benzene rings is 2. The second-order valence-electron chi connectivity index (χ2n) is 7.79. The number of fused-ring (bicyclic) bond motifs is 1. The van der Waals surface area contributed by atoms with Crippen LogP contribution in [0, 0.1) is 0 Å². The summed E-state index contributed by atoms with van der Waals surface area (Å²) in [7, 11) is 0. The molecule has 2 aromatic carbocycles. The first kappa shape index (κ1) is 22.4. The first-order chi connectivity index (χ1) is 15.2. The Hall–Kier alpha value is -2.80.